The van der Waals surface area contributed by atoms with Gasteiger partial charge in [-0.25, -0.2) is 4.98 Å². The van der Waals surface area contributed by atoms with Crippen LogP contribution in [0, 0.1) is 0 Å². The van der Waals surface area contributed by atoms with Gasteiger partial charge in [-0.15, -0.1) is 0 Å². The minimum Gasteiger partial charge on any atom is -0.467 e. The van der Waals surface area contributed by atoms with Gasteiger partial charge in [0.2, 0.25) is 0 Å². The number of amides is 1. The summed E-state index contributed by atoms with van der Waals surface area (Å²) in [5.41, 5.74) is 1.42. The summed E-state index contributed by atoms with van der Waals surface area (Å²) in [7, 11) is 0. The summed E-state index contributed by atoms with van der Waals surface area (Å²) in [4.78, 5) is 16.3. The molecule has 0 bridgehead atoms. The highest BCUT2D eigenvalue weighted by Crippen LogP contribution is 2.19. The fraction of sp³-hybridized carbons (Fsp3) is 0.0588. The molecule has 0 unspecified atom stereocenters. The van der Waals surface area contributed by atoms with Crippen LogP contribution in [0.25, 0.3) is 0 Å². The molecule has 0 atom stereocenters. The van der Waals surface area contributed by atoms with Gasteiger partial charge in [-0.05, 0) is 42.5 Å². The molecule has 2 N–H and O–H groups in total. The second kappa shape index (κ2) is 7.11. The molecule has 0 aliphatic rings. The molecule has 0 aliphatic heterocycles. The zero-order valence-corrected chi connectivity index (χ0v) is 13.7. The van der Waals surface area contributed by atoms with Gasteiger partial charge in [0, 0.05) is 16.4 Å². The number of carbonyl (C=O) groups is 1. The number of nitrogens with zero attached hydrogens (tertiary/aromatic N) is 1. The molecule has 1 aromatic carbocycles. The third kappa shape index (κ3) is 4.20. The van der Waals surface area contributed by atoms with Gasteiger partial charge in [0.1, 0.15) is 11.6 Å². The number of hydrogen-bond acceptors (Lipinski definition) is 4. The zero-order chi connectivity index (χ0) is 16.1. The van der Waals surface area contributed by atoms with Crippen molar-refractivity contribution in [2.24, 2.45) is 0 Å². The van der Waals surface area contributed by atoms with E-state index in [1.165, 1.54) is 6.20 Å². The fourth-order valence-electron chi connectivity index (χ4n) is 2.00. The minimum atomic E-state index is -0.192. The first-order chi connectivity index (χ1) is 11.2. The Bertz CT molecular complexity index is 786. The molecule has 0 aliphatic carbocycles. The monoisotopic (exact) mass is 371 g/mol. The van der Waals surface area contributed by atoms with Crippen LogP contribution in [0.4, 0.5) is 11.5 Å². The topological polar surface area (TPSA) is 67.2 Å². The third-order valence-electron chi connectivity index (χ3n) is 3.13. The number of pyridine rings is 1. The van der Waals surface area contributed by atoms with Crippen LogP contribution < -0.4 is 10.6 Å². The highest BCUT2D eigenvalue weighted by Gasteiger charge is 2.07. The van der Waals surface area contributed by atoms with Crippen LogP contribution in [-0.4, -0.2) is 10.9 Å². The Kier molecular flexibility index (Phi) is 4.73. The molecule has 0 spiro atoms. The average molecular weight is 372 g/mol. The minimum absolute atomic E-state index is 0.192. The van der Waals surface area contributed by atoms with E-state index >= 15 is 0 Å². The molecule has 23 heavy (non-hydrogen) atoms. The number of rotatable bonds is 5. The Labute approximate surface area is 141 Å². The molecule has 0 radical (unpaired) electrons. The highest BCUT2D eigenvalue weighted by atomic mass is 79.9. The molecule has 3 rings (SSSR count). The smallest absolute Gasteiger partial charge is 0.253 e. The molecule has 6 heteroatoms. The summed E-state index contributed by atoms with van der Waals surface area (Å²) >= 11 is 3.42. The number of halogens is 1. The van der Waals surface area contributed by atoms with Crippen LogP contribution in [0.2, 0.25) is 0 Å². The molecule has 1 amide bonds. The Morgan fingerprint density at radius 3 is 2.78 bits per heavy atom. The molecule has 2 heterocycles. The summed E-state index contributed by atoms with van der Waals surface area (Å²) in [6.45, 7) is 0.351. The summed E-state index contributed by atoms with van der Waals surface area (Å²) in [6, 6.07) is 14.9. The van der Waals surface area contributed by atoms with Crippen molar-refractivity contribution in [3.63, 3.8) is 0 Å². The number of nitrogens with one attached hydrogen (secondary N) is 2. The lowest BCUT2D eigenvalue weighted by Crippen LogP contribution is -2.22. The van der Waals surface area contributed by atoms with Crippen molar-refractivity contribution >= 4 is 33.3 Å². The van der Waals surface area contributed by atoms with Crippen molar-refractivity contribution in [1.82, 2.24) is 10.3 Å². The van der Waals surface area contributed by atoms with Crippen molar-refractivity contribution in [2.45, 2.75) is 6.54 Å². The number of furan rings is 1. The Balaban J connectivity index is 1.61. The van der Waals surface area contributed by atoms with Gasteiger partial charge in [-0.2, -0.15) is 0 Å². The molecule has 3 aromatic rings. The van der Waals surface area contributed by atoms with Crippen LogP contribution in [0.5, 0.6) is 0 Å². The van der Waals surface area contributed by atoms with Gasteiger partial charge in [0.05, 0.1) is 18.4 Å². The van der Waals surface area contributed by atoms with E-state index in [1.54, 1.807) is 24.5 Å². The van der Waals surface area contributed by atoms with Gasteiger partial charge in [-0.3, -0.25) is 4.79 Å². The van der Waals surface area contributed by atoms with E-state index < -0.39 is 0 Å². The number of hydrogen-bond donors (Lipinski definition) is 2. The van der Waals surface area contributed by atoms with Crippen LogP contribution in [-0.2, 0) is 6.54 Å². The number of anilines is 2. The first kappa shape index (κ1) is 15.3. The highest BCUT2D eigenvalue weighted by molar-refractivity contribution is 9.10. The van der Waals surface area contributed by atoms with Crippen molar-refractivity contribution < 1.29 is 9.21 Å². The van der Waals surface area contributed by atoms with Crippen LogP contribution in [0.3, 0.4) is 0 Å². The van der Waals surface area contributed by atoms with Crippen LogP contribution >= 0.6 is 15.9 Å². The third-order valence-corrected chi connectivity index (χ3v) is 3.62. The second-order valence-electron chi connectivity index (χ2n) is 4.83. The second-order valence-corrected chi connectivity index (χ2v) is 5.75. The maximum Gasteiger partial charge on any atom is 0.253 e. The van der Waals surface area contributed by atoms with Gasteiger partial charge < -0.3 is 15.1 Å². The van der Waals surface area contributed by atoms with E-state index in [4.69, 9.17) is 4.42 Å². The lowest BCUT2D eigenvalue weighted by Gasteiger charge is -2.07. The molecule has 116 valence electrons. The standard InChI is InChI=1S/C17H14BrN3O2/c18-13-3-1-4-14(9-13)21-16-7-6-12(10-19-16)17(22)20-11-15-5-2-8-23-15/h1-10H,11H2,(H,19,21)(H,20,22). The molecular weight excluding hydrogens is 358 g/mol. The number of carbonyl (C=O) groups excluding carboxylic acids is 1. The SMILES string of the molecule is O=C(NCc1ccco1)c1ccc(Nc2cccc(Br)c2)nc1. The van der Waals surface area contributed by atoms with E-state index in [9.17, 15) is 4.79 Å². The number of aromatic nitrogens is 1. The molecule has 0 fully saturated rings. The van der Waals surface area contributed by atoms with Crippen molar-refractivity contribution in [2.75, 3.05) is 5.32 Å². The summed E-state index contributed by atoms with van der Waals surface area (Å²) < 4.78 is 6.15. The van der Waals surface area contributed by atoms with Gasteiger partial charge in [0.25, 0.3) is 5.91 Å². The molecular formula is C17H14BrN3O2. The van der Waals surface area contributed by atoms with E-state index in [0.29, 0.717) is 23.7 Å². The molecule has 2 aromatic heterocycles. The van der Waals surface area contributed by atoms with Crippen molar-refractivity contribution in [1.29, 1.82) is 0 Å². The summed E-state index contributed by atoms with van der Waals surface area (Å²) in [6.07, 6.45) is 3.11. The first-order valence-corrected chi connectivity index (χ1v) is 7.79. The first-order valence-electron chi connectivity index (χ1n) is 7.00. The van der Waals surface area contributed by atoms with Crippen LogP contribution in [0.1, 0.15) is 16.1 Å². The quantitative estimate of drug-likeness (QED) is 0.707. The number of benzene rings is 1. The Morgan fingerprint density at radius 2 is 2.09 bits per heavy atom. The van der Waals surface area contributed by atoms with Gasteiger partial charge in [0.15, 0.2) is 0 Å². The molecule has 5 nitrogen and oxygen atoms in total. The average Bonchev–Trinajstić information content (AvgIpc) is 3.07. The maximum absolute atomic E-state index is 12.0. The largest absolute Gasteiger partial charge is 0.467 e. The lowest BCUT2D eigenvalue weighted by atomic mass is 10.2. The van der Waals surface area contributed by atoms with Crippen molar-refractivity contribution in [3.8, 4) is 0 Å². The van der Waals surface area contributed by atoms with E-state index in [1.807, 2.05) is 30.3 Å². The normalized spacial score (nSPS) is 10.3. The van der Waals surface area contributed by atoms with Gasteiger partial charge in [-0.1, -0.05) is 22.0 Å². The van der Waals surface area contributed by atoms with Crippen molar-refractivity contribution in [3.05, 3.63) is 76.8 Å². The summed E-state index contributed by atoms with van der Waals surface area (Å²) in [5, 5.41) is 5.96. The molecule has 0 saturated heterocycles. The van der Waals surface area contributed by atoms with E-state index in [-0.39, 0.29) is 5.91 Å². The fourth-order valence-corrected chi connectivity index (χ4v) is 2.40. The Hall–Kier alpha value is -2.60. The lowest BCUT2D eigenvalue weighted by molar-refractivity contribution is 0.0947. The van der Waals surface area contributed by atoms with E-state index in [2.05, 4.69) is 31.5 Å². The predicted octanol–water partition coefficient (Wildman–Crippen LogP) is 4.11. The van der Waals surface area contributed by atoms with E-state index in [0.717, 1.165) is 10.2 Å². The zero-order valence-electron chi connectivity index (χ0n) is 12.1. The summed E-state index contributed by atoms with van der Waals surface area (Å²) in [5.74, 6) is 1.19. The predicted molar refractivity (Wildman–Crippen MR) is 91.5 cm³/mol. The molecule has 0 saturated carbocycles. The maximum atomic E-state index is 12.0. The Morgan fingerprint density at radius 1 is 1.17 bits per heavy atom. The van der Waals surface area contributed by atoms with Crippen LogP contribution in [0.15, 0.2) is 69.9 Å². The van der Waals surface area contributed by atoms with Gasteiger partial charge >= 0.3 is 0 Å².